The molecule has 0 spiro atoms. The smallest absolute Gasteiger partial charge is 0.224 e. The van der Waals surface area contributed by atoms with Crippen molar-refractivity contribution in [2.75, 3.05) is 10.6 Å². The Kier molecular flexibility index (Phi) is 5.26. The van der Waals surface area contributed by atoms with Crippen LogP contribution in [0.15, 0.2) is 24.3 Å². The molecule has 2 amide bonds. The van der Waals surface area contributed by atoms with E-state index in [1.165, 1.54) is 0 Å². The second kappa shape index (κ2) is 7.38. The number of phenolic OH excluding ortho intramolecular Hbond substituents is 6. The minimum absolute atomic E-state index is 0.0246. The van der Waals surface area contributed by atoms with E-state index in [1.54, 1.807) is 0 Å². The van der Waals surface area contributed by atoms with E-state index in [1.807, 2.05) is 0 Å². The van der Waals surface area contributed by atoms with Crippen molar-refractivity contribution in [3.8, 4) is 34.5 Å². The number of hydrogen-bond donors (Lipinski definition) is 8. The summed E-state index contributed by atoms with van der Waals surface area (Å²) in [6.07, 6.45) is -0.492. The highest BCUT2D eigenvalue weighted by Crippen LogP contribution is 2.38. The Hall–Kier alpha value is -3.82. The number of rotatable bonds is 5. The van der Waals surface area contributed by atoms with Crippen LogP contribution in [0, 0.1) is 0 Å². The van der Waals surface area contributed by atoms with E-state index in [9.17, 15) is 40.2 Å². The maximum Gasteiger partial charge on any atom is 0.224 e. The topological polar surface area (TPSA) is 180 Å². The predicted octanol–water partition coefficient (Wildman–Crippen LogP) is 1.28. The van der Waals surface area contributed by atoms with Crippen LogP contribution in [0.4, 0.5) is 11.4 Å². The molecule has 0 heterocycles. The molecule has 0 saturated heterocycles. The molecule has 2 rings (SSSR count). The SMILES string of the molecule is O=C(CCC(=O)Nc1cc(O)c(O)c(O)c1)Nc1cc(O)c(O)c(O)c1. The molecule has 8 N–H and O–H groups in total. The van der Waals surface area contributed by atoms with Gasteiger partial charge in [-0.3, -0.25) is 9.59 Å². The number of benzene rings is 2. The minimum atomic E-state index is -0.720. The number of carbonyl (C=O) groups excluding carboxylic acids is 2. The zero-order valence-electron chi connectivity index (χ0n) is 13.2. The van der Waals surface area contributed by atoms with Gasteiger partial charge in [-0.05, 0) is 0 Å². The molecule has 2 aromatic rings. The molecule has 2 aromatic carbocycles. The van der Waals surface area contributed by atoms with Crippen LogP contribution in [-0.4, -0.2) is 42.5 Å². The van der Waals surface area contributed by atoms with E-state index >= 15 is 0 Å². The molecule has 0 fully saturated rings. The van der Waals surface area contributed by atoms with Crippen molar-refractivity contribution in [3.05, 3.63) is 24.3 Å². The molecule has 0 unspecified atom stereocenters. The van der Waals surface area contributed by atoms with Gasteiger partial charge in [-0.25, -0.2) is 0 Å². The standard InChI is InChI=1S/C16H16N2O8/c19-9-3-7(4-10(20)15(9)25)17-13(23)1-2-14(24)18-8-5-11(21)16(26)12(22)6-8/h3-6,19-22,25-26H,1-2H2,(H,17,23)(H,18,24). The summed E-state index contributed by atoms with van der Waals surface area (Å²) in [4.78, 5) is 23.6. The van der Waals surface area contributed by atoms with Crippen LogP contribution in [0.2, 0.25) is 0 Å². The Morgan fingerprint density at radius 1 is 0.615 bits per heavy atom. The quantitative estimate of drug-likeness (QED) is 0.288. The highest BCUT2D eigenvalue weighted by atomic mass is 16.3. The van der Waals surface area contributed by atoms with Gasteiger partial charge in [0.1, 0.15) is 0 Å². The third kappa shape index (κ3) is 4.38. The number of nitrogens with one attached hydrogen (secondary N) is 2. The maximum atomic E-state index is 11.8. The number of carbonyl (C=O) groups is 2. The van der Waals surface area contributed by atoms with Gasteiger partial charge < -0.3 is 41.3 Å². The zero-order valence-corrected chi connectivity index (χ0v) is 13.2. The highest BCUT2D eigenvalue weighted by molar-refractivity contribution is 5.97. The number of hydrogen-bond acceptors (Lipinski definition) is 8. The van der Waals surface area contributed by atoms with E-state index in [2.05, 4.69) is 10.6 Å². The Bertz CT molecular complexity index is 748. The molecule has 0 aliphatic rings. The third-order valence-electron chi connectivity index (χ3n) is 3.29. The first-order valence-corrected chi connectivity index (χ1v) is 7.27. The van der Waals surface area contributed by atoms with Gasteiger partial charge in [0.05, 0.1) is 0 Å². The fourth-order valence-corrected chi connectivity index (χ4v) is 2.03. The monoisotopic (exact) mass is 364 g/mol. The Morgan fingerprint density at radius 2 is 0.885 bits per heavy atom. The highest BCUT2D eigenvalue weighted by Gasteiger charge is 2.13. The van der Waals surface area contributed by atoms with Gasteiger partial charge in [0.15, 0.2) is 34.5 Å². The molecular formula is C16H16N2O8. The van der Waals surface area contributed by atoms with Crippen LogP contribution in [0.5, 0.6) is 34.5 Å². The zero-order chi connectivity index (χ0) is 19.4. The summed E-state index contributed by atoms with van der Waals surface area (Å²) in [7, 11) is 0. The fourth-order valence-electron chi connectivity index (χ4n) is 2.03. The molecule has 0 radical (unpaired) electrons. The van der Waals surface area contributed by atoms with Crippen molar-refractivity contribution in [1.82, 2.24) is 0 Å². The molecular weight excluding hydrogens is 348 g/mol. The minimum Gasteiger partial charge on any atom is -0.504 e. The van der Waals surface area contributed by atoms with Crippen LogP contribution in [0.25, 0.3) is 0 Å². The van der Waals surface area contributed by atoms with Crippen LogP contribution in [0.3, 0.4) is 0 Å². The third-order valence-corrected chi connectivity index (χ3v) is 3.29. The first-order valence-electron chi connectivity index (χ1n) is 7.27. The van der Waals surface area contributed by atoms with Crippen molar-refractivity contribution < 1.29 is 40.2 Å². The van der Waals surface area contributed by atoms with Crippen molar-refractivity contribution in [2.45, 2.75) is 12.8 Å². The molecule has 0 aliphatic carbocycles. The van der Waals surface area contributed by atoms with Crippen molar-refractivity contribution >= 4 is 23.2 Å². The summed E-state index contributed by atoms with van der Waals surface area (Å²) in [6, 6.07) is 4.09. The van der Waals surface area contributed by atoms with Gasteiger partial charge in [0.2, 0.25) is 11.8 Å². The summed E-state index contributed by atoms with van der Waals surface area (Å²) in [5.41, 5.74) is 0.0492. The van der Waals surface area contributed by atoms with Gasteiger partial charge >= 0.3 is 0 Å². The van der Waals surface area contributed by atoms with E-state index < -0.39 is 46.3 Å². The van der Waals surface area contributed by atoms with E-state index in [-0.39, 0.29) is 24.2 Å². The molecule has 10 nitrogen and oxygen atoms in total. The van der Waals surface area contributed by atoms with E-state index in [0.29, 0.717) is 0 Å². The lowest BCUT2D eigenvalue weighted by Crippen LogP contribution is -2.17. The molecule has 0 saturated carbocycles. The predicted molar refractivity (Wildman–Crippen MR) is 89.4 cm³/mol. The van der Waals surface area contributed by atoms with Crippen LogP contribution in [-0.2, 0) is 9.59 Å². The Morgan fingerprint density at radius 3 is 1.15 bits per heavy atom. The Labute approximate surface area is 146 Å². The number of amides is 2. The Balaban J connectivity index is 1.90. The van der Waals surface area contributed by atoms with Gasteiger partial charge in [-0.1, -0.05) is 0 Å². The number of phenols is 6. The summed E-state index contributed by atoms with van der Waals surface area (Å²) in [5, 5.41) is 60.5. The van der Waals surface area contributed by atoms with Gasteiger partial charge in [-0.2, -0.15) is 0 Å². The van der Waals surface area contributed by atoms with Crippen LogP contribution < -0.4 is 10.6 Å². The summed E-state index contributed by atoms with van der Waals surface area (Å²) in [5.74, 6) is -5.11. The summed E-state index contributed by atoms with van der Waals surface area (Å²) >= 11 is 0. The second-order valence-corrected chi connectivity index (χ2v) is 5.32. The lowest BCUT2D eigenvalue weighted by atomic mass is 10.2. The van der Waals surface area contributed by atoms with E-state index in [4.69, 9.17) is 0 Å². The molecule has 0 aliphatic heterocycles. The molecule has 0 aromatic heterocycles. The normalized spacial score (nSPS) is 10.3. The summed E-state index contributed by atoms with van der Waals surface area (Å²) < 4.78 is 0. The second-order valence-electron chi connectivity index (χ2n) is 5.32. The molecule has 0 atom stereocenters. The van der Waals surface area contributed by atoms with Crippen molar-refractivity contribution in [2.24, 2.45) is 0 Å². The van der Waals surface area contributed by atoms with Crippen molar-refractivity contribution in [1.29, 1.82) is 0 Å². The van der Waals surface area contributed by atoms with Crippen molar-refractivity contribution in [3.63, 3.8) is 0 Å². The largest absolute Gasteiger partial charge is 0.504 e. The molecule has 10 heteroatoms. The molecule has 138 valence electrons. The first-order chi connectivity index (χ1) is 12.2. The molecule has 0 bridgehead atoms. The fraction of sp³-hybridized carbons (Fsp3) is 0.125. The maximum absolute atomic E-state index is 11.8. The lowest BCUT2D eigenvalue weighted by Gasteiger charge is -2.09. The van der Waals surface area contributed by atoms with Crippen LogP contribution >= 0.6 is 0 Å². The van der Waals surface area contributed by atoms with E-state index in [0.717, 1.165) is 24.3 Å². The number of anilines is 2. The number of aromatic hydroxyl groups is 6. The average molecular weight is 364 g/mol. The van der Waals surface area contributed by atoms with Crippen LogP contribution in [0.1, 0.15) is 12.8 Å². The van der Waals surface area contributed by atoms with Gasteiger partial charge in [0.25, 0.3) is 0 Å². The molecule has 26 heavy (non-hydrogen) atoms. The van der Waals surface area contributed by atoms with Gasteiger partial charge in [-0.15, -0.1) is 0 Å². The van der Waals surface area contributed by atoms with Gasteiger partial charge in [0, 0.05) is 48.5 Å². The average Bonchev–Trinajstić information content (AvgIpc) is 2.55. The lowest BCUT2D eigenvalue weighted by molar-refractivity contribution is -0.121. The first kappa shape index (κ1) is 18.5. The summed E-state index contributed by atoms with van der Waals surface area (Å²) in [6.45, 7) is 0.